The van der Waals surface area contributed by atoms with Gasteiger partial charge in [0.2, 0.25) is 12.3 Å². The number of rotatable bonds is 5. The number of dihydropyridines is 1. The number of hydrogen-bond acceptors (Lipinski definition) is 5. The van der Waals surface area contributed by atoms with E-state index < -0.39 is 0 Å². The van der Waals surface area contributed by atoms with Gasteiger partial charge in [-0.1, -0.05) is 127 Å². The molecule has 0 bridgehead atoms. The molecule has 11 rings (SSSR count). The Labute approximate surface area is 318 Å². The zero-order valence-electron chi connectivity index (χ0n) is 29.8. The van der Waals surface area contributed by atoms with E-state index in [2.05, 4.69) is 184 Å². The van der Waals surface area contributed by atoms with Gasteiger partial charge in [0.15, 0.2) is 0 Å². The lowest BCUT2D eigenvalue weighted by atomic mass is 9.89. The van der Waals surface area contributed by atoms with E-state index in [0.29, 0.717) is 0 Å². The molecule has 7 aromatic rings. The van der Waals surface area contributed by atoms with E-state index in [1.54, 1.807) is 6.34 Å². The van der Waals surface area contributed by atoms with E-state index in [-0.39, 0.29) is 18.1 Å². The van der Waals surface area contributed by atoms with Gasteiger partial charge in [0.05, 0.1) is 40.2 Å². The number of allylic oxidation sites excluding steroid dienone is 4. The number of benzene rings is 5. The van der Waals surface area contributed by atoms with E-state index in [1.807, 2.05) is 6.21 Å². The topological polar surface area (TPSA) is 76.0 Å². The van der Waals surface area contributed by atoms with E-state index in [4.69, 9.17) is 9.97 Å². The first-order valence-electron chi connectivity index (χ1n) is 18.8. The van der Waals surface area contributed by atoms with Crippen LogP contribution in [0.4, 0.5) is 5.69 Å². The summed E-state index contributed by atoms with van der Waals surface area (Å²) < 4.78 is 4.19. The molecule has 0 spiro atoms. The zero-order valence-corrected chi connectivity index (χ0v) is 29.8. The Bertz CT molecular complexity index is 2960. The molecule has 3 atom stereocenters. The van der Waals surface area contributed by atoms with Gasteiger partial charge in [-0.2, -0.15) is 0 Å². The van der Waals surface area contributed by atoms with Gasteiger partial charge in [0.1, 0.15) is 0 Å². The van der Waals surface area contributed by atoms with Gasteiger partial charge in [0, 0.05) is 22.0 Å². The first-order valence-corrected chi connectivity index (χ1v) is 18.8. The number of hydrogen-bond donors (Lipinski definition) is 3. The lowest BCUT2D eigenvalue weighted by Crippen LogP contribution is -2.31. The molecule has 5 aromatic carbocycles. The SMILES string of the molecule is C1=CC2=CC=C(c3ccc4ccc(C5C=[N+]=CN5)nc4c3)NC2C=C1c1ccc2cc(-c3ccc4ccc5c(c4n3)NC(c3ccccc3)C=C5)ccc2c1. The van der Waals surface area contributed by atoms with Crippen molar-refractivity contribution in [2.75, 3.05) is 5.32 Å². The molecule has 3 N–H and O–H groups in total. The lowest BCUT2D eigenvalue weighted by molar-refractivity contribution is 0.815. The Kier molecular flexibility index (Phi) is 7.22. The molecule has 3 unspecified atom stereocenters. The minimum absolute atomic E-state index is 0.0113. The standard InChI is InChI=1S/C49H34N6/c1-2-4-30(5-3-1)41-21-18-33-8-9-34-19-22-43(55-49(34)48(33)54-41)39-15-13-35-24-36(11-12-37(35)25-39)38-10-6-31-16-20-42(52-45(31)26-38)40-14-7-32-17-23-44(53-46(32)27-40)47-28-50-29-51-47/h1-29,41,45,47,52,54H/p+1. The second-order valence-electron chi connectivity index (χ2n) is 14.5. The van der Waals surface area contributed by atoms with Gasteiger partial charge in [-0.25, -0.2) is 14.6 Å². The van der Waals surface area contributed by atoms with E-state index >= 15 is 0 Å². The maximum absolute atomic E-state index is 5.24. The summed E-state index contributed by atoms with van der Waals surface area (Å²) in [6, 6.07) is 43.5. The molecule has 5 heterocycles. The smallest absolute Gasteiger partial charge is 0.331 e. The lowest BCUT2D eigenvalue weighted by Gasteiger charge is -2.27. The molecular formula is C49H35N6+. The Balaban J connectivity index is 0.851. The average Bonchev–Trinajstić information content (AvgIpc) is 3.81. The Morgan fingerprint density at radius 3 is 2.27 bits per heavy atom. The van der Waals surface area contributed by atoms with Crippen LogP contribution in [0, 0.1) is 0 Å². The van der Waals surface area contributed by atoms with Crippen molar-refractivity contribution in [1.82, 2.24) is 25.3 Å². The first kappa shape index (κ1) is 31.3. The minimum Gasteiger partial charge on any atom is -0.374 e. The zero-order chi connectivity index (χ0) is 36.3. The maximum atomic E-state index is 5.24. The molecule has 0 saturated heterocycles. The summed E-state index contributed by atoms with van der Waals surface area (Å²) in [6.07, 6.45) is 19.2. The van der Waals surface area contributed by atoms with Gasteiger partial charge in [-0.15, -0.1) is 0 Å². The molecule has 2 aromatic heterocycles. The van der Waals surface area contributed by atoms with Crippen LogP contribution in [0.25, 0.3) is 61.2 Å². The third kappa shape index (κ3) is 5.64. The van der Waals surface area contributed by atoms with Gasteiger partial charge in [-0.05, 0) is 80.6 Å². The van der Waals surface area contributed by atoms with Crippen molar-refractivity contribution in [2.24, 2.45) is 0 Å². The second kappa shape index (κ2) is 12.7. The highest BCUT2D eigenvalue weighted by molar-refractivity contribution is 5.98. The maximum Gasteiger partial charge on any atom is 0.331 e. The van der Waals surface area contributed by atoms with Gasteiger partial charge >= 0.3 is 6.34 Å². The van der Waals surface area contributed by atoms with Crippen LogP contribution in [0.1, 0.15) is 40.0 Å². The van der Waals surface area contributed by atoms with E-state index in [9.17, 15) is 0 Å². The fraction of sp³-hybridized carbons (Fsp3) is 0.0612. The van der Waals surface area contributed by atoms with Crippen LogP contribution in [0.2, 0.25) is 0 Å². The summed E-state index contributed by atoms with van der Waals surface area (Å²) in [5.74, 6) is 0. The van der Waals surface area contributed by atoms with Crippen LogP contribution < -0.4 is 20.6 Å². The van der Waals surface area contributed by atoms with Gasteiger partial charge in [0.25, 0.3) is 0 Å². The molecule has 4 aliphatic rings. The van der Waals surface area contributed by atoms with Crippen LogP contribution in [0.3, 0.4) is 0 Å². The predicted octanol–water partition coefficient (Wildman–Crippen LogP) is 9.49. The van der Waals surface area contributed by atoms with Crippen molar-refractivity contribution < 1.29 is 0 Å². The first-order chi connectivity index (χ1) is 27.2. The number of pyridine rings is 2. The van der Waals surface area contributed by atoms with Gasteiger partial charge in [-0.3, -0.25) is 5.32 Å². The van der Waals surface area contributed by atoms with Crippen molar-refractivity contribution in [3.63, 3.8) is 0 Å². The number of aromatic nitrogens is 2. The van der Waals surface area contributed by atoms with Gasteiger partial charge < -0.3 is 10.6 Å². The molecule has 55 heavy (non-hydrogen) atoms. The molecule has 3 aliphatic heterocycles. The highest BCUT2D eigenvalue weighted by atomic mass is 15.0. The fourth-order valence-electron chi connectivity index (χ4n) is 8.10. The van der Waals surface area contributed by atoms with Crippen molar-refractivity contribution in [3.05, 3.63) is 191 Å². The normalized spacial score (nSPS) is 19.3. The van der Waals surface area contributed by atoms with Crippen molar-refractivity contribution >= 4 is 68.2 Å². The fourth-order valence-corrected chi connectivity index (χ4v) is 8.10. The minimum atomic E-state index is 0.0113. The highest BCUT2D eigenvalue weighted by Gasteiger charge is 2.22. The number of anilines is 1. The molecular weight excluding hydrogens is 673 g/mol. The summed E-state index contributed by atoms with van der Waals surface area (Å²) in [5.41, 5.74) is 14.3. The monoisotopic (exact) mass is 707 g/mol. The summed E-state index contributed by atoms with van der Waals surface area (Å²) in [4.78, 5) is 10.2. The van der Waals surface area contributed by atoms with Crippen molar-refractivity contribution in [1.29, 1.82) is 0 Å². The molecule has 1 aliphatic carbocycles. The summed E-state index contributed by atoms with van der Waals surface area (Å²) in [6.45, 7) is 0. The van der Waals surface area contributed by atoms with Crippen LogP contribution in [0.5, 0.6) is 0 Å². The third-order valence-electron chi connectivity index (χ3n) is 11.1. The quantitative estimate of drug-likeness (QED) is 0.156. The Morgan fingerprint density at radius 2 is 1.38 bits per heavy atom. The molecule has 6 nitrogen and oxygen atoms in total. The molecule has 260 valence electrons. The number of nitrogens with one attached hydrogen (secondary N) is 3. The molecule has 0 fully saturated rings. The summed E-state index contributed by atoms with van der Waals surface area (Å²) in [5, 5.41) is 15.4. The number of fused-ring (bicyclic) bond motifs is 6. The predicted molar refractivity (Wildman–Crippen MR) is 229 cm³/mol. The van der Waals surface area contributed by atoms with Crippen LogP contribution in [-0.2, 0) is 0 Å². The van der Waals surface area contributed by atoms with Crippen LogP contribution in [-0.4, -0.2) is 28.6 Å². The van der Waals surface area contributed by atoms with Crippen molar-refractivity contribution in [3.8, 4) is 11.3 Å². The molecule has 6 heteroatoms. The largest absolute Gasteiger partial charge is 0.374 e. The van der Waals surface area contributed by atoms with Crippen molar-refractivity contribution in [2.45, 2.75) is 18.1 Å². The third-order valence-corrected chi connectivity index (χ3v) is 11.1. The summed E-state index contributed by atoms with van der Waals surface area (Å²) in [7, 11) is 0. The Hall–Kier alpha value is -7.27. The summed E-state index contributed by atoms with van der Waals surface area (Å²) >= 11 is 0. The Morgan fingerprint density at radius 1 is 0.582 bits per heavy atom. The van der Waals surface area contributed by atoms with Crippen LogP contribution >= 0.6 is 0 Å². The number of nitrogens with zero attached hydrogens (tertiary/aromatic N) is 3. The second-order valence-corrected chi connectivity index (χ2v) is 14.5. The van der Waals surface area contributed by atoms with E-state index in [1.165, 1.54) is 33.0 Å². The molecule has 0 saturated carbocycles. The highest BCUT2D eigenvalue weighted by Crippen LogP contribution is 2.37. The van der Waals surface area contributed by atoms with E-state index in [0.717, 1.165) is 61.3 Å². The van der Waals surface area contributed by atoms with Crippen LogP contribution in [0.15, 0.2) is 163 Å². The molecule has 0 radical (unpaired) electrons. The molecule has 0 amide bonds. The average molecular weight is 708 g/mol.